The van der Waals surface area contributed by atoms with Crippen LogP contribution in [-0.2, 0) is 0 Å². The highest BCUT2D eigenvalue weighted by molar-refractivity contribution is 5.14. The maximum atomic E-state index is 4.08. The highest BCUT2D eigenvalue weighted by atomic mass is 14.9. The van der Waals surface area contributed by atoms with Crippen LogP contribution >= 0.6 is 0 Å². The summed E-state index contributed by atoms with van der Waals surface area (Å²) in [5.41, 5.74) is 1.45. The van der Waals surface area contributed by atoms with Crippen LogP contribution in [0.1, 0.15) is 25.7 Å². The van der Waals surface area contributed by atoms with Gasteiger partial charge in [-0.2, -0.15) is 0 Å². The fraction of sp³-hybridized carbons (Fsp3) is 0.778. The smallest absolute Gasteiger partial charge is 0.0305 e. The van der Waals surface area contributed by atoms with Crippen LogP contribution in [0.15, 0.2) is 12.2 Å². The second-order valence-corrected chi connectivity index (χ2v) is 3.53. The summed E-state index contributed by atoms with van der Waals surface area (Å²) in [5.74, 6) is 0.932. The molecule has 0 spiro atoms. The number of hydrogen-bond donors (Lipinski definition) is 1. The lowest BCUT2D eigenvalue weighted by Crippen LogP contribution is -2.38. The highest BCUT2D eigenvalue weighted by Gasteiger charge is 2.31. The first-order valence-electron chi connectivity index (χ1n) is 4.29. The van der Waals surface area contributed by atoms with Crippen molar-refractivity contribution in [2.45, 2.75) is 31.7 Å². The van der Waals surface area contributed by atoms with E-state index in [9.17, 15) is 0 Å². The molecule has 1 heteroatoms. The highest BCUT2D eigenvalue weighted by Crippen LogP contribution is 2.34. The minimum Gasteiger partial charge on any atom is -0.310 e. The van der Waals surface area contributed by atoms with Gasteiger partial charge in [0.25, 0.3) is 0 Å². The molecule has 1 saturated carbocycles. The van der Waals surface area contributed by atoms with Gasteiger partial charge in [0.1, 0.15) is 0 Å². The zero-order valence-electron chi connectivity index (χ0n) is 6.40. The first kappa shape index (κ1) is 6.41. The van der Waals surface area contributed by atoms with Gasteiger partial charge >= 0.3 is 0 Å². The quantitative estimate of drug-likeness (QED) is 0.501. The molecular formula is C9H15N. The molecule has 2 fully saturated rings. The fourth-order valence-electron chi connectivity index (χ4n) is 2.27. The van der Waals surface area contributed by atoms with Crippen LogP contribution in [-0.4, -0.2) is 12.6 Å². The van der Waals surface area contributed by atoms with Crippen molar-refractivity contribution in [2.24, 2.45) is 5.92 Å². The Balaban J connectivity index is 2.08. The van der Waals surface area contributed by atoms with Gasteiger partial charge in [0.05, 0.1) is 0 Å². The summed E-state index contributed by atoms with van der Waals surface area (Å²) in [4.78, 5) is 0. The zero-order chi connectivity index (χ0) is 6.97. The number of rotatable bonds is 0. The van der Waals surface area contributed by atoms with E-state index in [0.717, 1.165) is 5.92 Å². The molecule has 2 unspecified atom stereocenters. The number of piperidine rings is 1. The van der Waals surface area contributed by atoms with Crippen molar-refractivity contribution in [1.82, 2.24) is 5.32 Å². The lowest BCUT2D eigenvalue weighted by Gasteiger charge is -2.26. The molecule has 0 aromatic heterocycles. The van der Waals surface area contributed by atoms with Crippen molar-refractivity contribution in [3.63, 3.8) is 0 Å². The lowest BCUT2D eigenvalue weighted by molar-refractivity contribution is 0.338. The van der Waals surface area contributed by atoms with Gasteiger partial charge in [-0.05, 0) is 38.1 Å². The molecule has 0 radical (unpaired) electrons. The van der Waals surface area contributed by atoms with E-state index in [1.165, 1.54) is 37.8 Å². The first-order valence-corrected chi connectivity index (χ1v) is 4.29. The van der Waals surface area contributed by atoms with Crippen molar-refractivity contribution in [1.29, 1.82) is 0 Å². The summed E-state index contributed by atoms with van der Waals surface area (Å²) in [6.07, 6.45) is 5.45. The summed E-state index contributed by atoms with van der Waals surface area (Å²) >= 11 is 0. The molecule has 2 atom stereocenters. The molecule has 0 aromatic carbocycles. The normalized spacial score (nSPS) is 39.8. The van der Waals surface area contributed by atoms with Crippen LogP contribution in [0.3, 0.4) is 0 Å². The molecule has 0 bridgehead atoms. The number of hydrogen-bond acceptors (Lipinski definition) is 1. The molecule has 2 rings (SSSR count). The van der Waals surface area contributed by atoms with Gasteiger partial charge in [0.15, 0.2) is 0 Å². The summed E-state index contributed by atoms with van der Waals surface area (Å²) < 4.78 is 0. The van der Waals surface area contributed by atoms with Gasteiger partial charge in [0, 0.05) is 6.04 Å². The fourth-order valence-corrected chi connectivity index (χ4v) is 2.27. The van der Waals surface area contributed by atoms with E-state index in [-0.39, 0.29) is 0 Å². The van der Waals surface area contributed by atoms with Crippen LogP contribution in [0.5, 0.6) is 0 Å². The van der Waals surface area contributed by atoms with Gasteiger partial charge in [-0.1, -0.05) is 12.2 Å². The molecular weight excluding hydrogens is 122 g/mol. The van der Waals surface area contributed by atoms with E-state index >= 15 is 0 Å². The van der Waals surface area contributed by atoms with E-state index in [0.29, 0.717) is 6.04 Å². The summed E-state index contributed by atoms with van der Waals surface area (Å²) in [5, 5.41) is 3.53. The predicted molar refractivity (Wildman–Crippen MR) is 42.9 cm³/mol. The molecule has 1 saturated heterocycles. The second-order valence-electron chi connectivity index (χ2n) is 3.53. The summed E-state index contributed by atoms with van der Waals surface area (Å²) in [6, 6.07) is 0.689. The number of nitrogens with one attached hydrogen (secondary N) is 1. The van der Waals surface area contributed by atoms with Gasteiger partial charge in [0.2, 0.25) is 0 Å². The van der Waals surface area contributed by atoms with E-state index in [1.54, 1.807) is 0 Å². The van der Waals surface area contributed by atoms with Gasteiger partial charge in [-0.25, -0.2) is 0 Å². The third-order valence-electron chi connectivity index (χ3n) is 2.86. The molecule has 10 heavy (non-hydrogen) atoms. The average molecular weight is 137 g/mol. The maximum Gasteiger partial charge on any atom is 0.0305 e. The standard InChI is InChI=1S/C9H15N/c1-7-4-5-8-3-2-6-10-9(7)8/h8-10H,1-6H2. The largest absolute Gasteiger partial charge is 0.310 e. The summed E-state index contributed by atoms with van der Waals surface area (Å²) in [6.45, 7) is 5.28. The van der Waals surface area contributed by atoms with Crippen molar-refractivity contribution in [3.8, 4) is 0 Å². The van der Waals surface area contributed by atoms with Crippen LogP contribution in [0, 0.1) is 5.92 Å². The van der Waals surface area contributed by atoms with E-state index < -0.39 is 0 Å². The van der Waals surface area contributed by atoms with Crippen LogP contribution in [0.25, 0.3) is 0 Å². The predicted octanol–water partition coefficient (Wildman–Crippen LogP) is 1.70. The van der Waals surface area contributed by atoms with Gasteiger partial charge < -0.3 is 5.32 Å². The molecule has 1 N–H and O–H groups in total. The van der Waals surface area contributed by atoms with E-state index in [1.807, 2.05) is 0 Å². The molecule has 1 aliphatic heterocycles. The molecule has 0 aromatic rings. The average Bonchev–Trinajstić information content (AvgIpc) is 2.34. The molecule has 0 amide bonds. The van der Waals surface area contributed by atoms with Crippen molar-refractivity contribution in [3.05, 3.63) is 12.2 Å². The van der Waals surface area contributed by atoms with Gasteiger partial charge in [-0.15, -0.1) is 0 Å². The maximum absolute atomic E-state index is 4.08. The van der Waals surface area contributed by atoms with Crippen LogP contribution in [0.4, 0.5) is 0 Å². The Bertz CT molecular complexity index is 151. The monoisotopic (exact) mass is 137 g/mol. The Morgan fingerprint density at radius 1 is 1.40 bits per heavy atom. The van der Waals surface area contributed by atoms with Crippen molar-refractivity contribution in [2.75, 3.05) is 6.54 Å². The zero-order valence-corrected chi connectivity index (χ0v) is 6.40. The van der Waals surface area contributed by atoms with E-state index in [2.05, 4.69) is 11.9 Å². The minimum absolute atomic E-state index is 0.689. The minimum atomic E-state index is 0.689. The molecule has 1 heterocycles. The Kier molecular flexibility index (Phi) is 1.53. The first-order chi connectivity index (χ1) is 4.88. The van der Waals surface area contributed by atoms with E-state index in [4.69, 9.17) is 0 Å². The third kappa shape index (κ3) is 0.891. The number of fused-ring (bicyclic) bond motifs is 1. The topological polar surface area (TPSA) is 12.0 Å². The van der Waals surface area contributed by atoms with Crippen molar-refractivity contribution >= 4 is 0 Å². The molecule has 1 nitrogen and oxygen atoms in total. The Morgan fingerprint density at radius 3 is 3.10 bits per heavy atom. The van der Waals surface area contributed by atoms with Crippen molar-refractivity contribution < 1.29 is 0 Å². The van der Waals surface area contributed by atoms with Crippen LogP contribution < -0.4 is 5.32 Å². The molecule has 1 aliphatic carbocycles. The SMILES string of the molecule is C=C1CCC2CCCNC12. The lowest BCUT2D eigenvalue weighted by atomic mass is 9.93. The van der Waals surface area contributed by atoms with Gasteiger partial charge in [-0.3, -0.25) is 0 Å². The molecule has 2 aliphatic rings. The van der Waals surface area contributed by atoms with Crippen LogP contribution in [0.2, 0.25) is 0 Å². The Morgan fingerprint density at radius 2 is 2.30 bits per heavy atom. The molecule has 56 valence electrons. The third-order valence-corrected chi connectivity index (χ3v) is 2.86. The Hall–Kier alpha value is -0.300. The second kappa shape index (κ2) is 2.39. The summed E-state index contributed by atoms with van der Waals surface area (Å²) in [7, 11) is 0. The Labute approximate surface area is 62.5 Å².